The van der Waals surface area contributed by atoms with E-state index in [1.54, 1.807) is 6.07 Å². The smallest absolute Gasteiger partial charge is 0.489 e. The summed E-state index contributed by atoms with van der Waals surface area (Å²) in [6.45, 7) is -5.59. The average Bonchev–Trinajstić information content (AvgIpc) is 2.36. The summed E-state index contributed by atoms with van der Waals surface area (Å²) >= 11 is 0. The van der Waals surface area contributed by atoms with Crippen LogP contribution in [0.25, 0.3) is 0 Å². The van der Waals surface area contributed by atoms with Crippen LogP contribution >= 0.6 is 0 Å². The van der Waals surface area contributed by atoms with Crippen molar-refractivity contribution >= 4 is 12.4 Å². The van der Waals surface area contributed by atoms with E-state index in [4.69, 9.17) is 4.74 Å². The molecule has 2 aromatic rings. The fourth-order valence-electron chi connectivity index (χ4n) is 1.64. The van der Waals surface area contributed by atoms with E-state index < -0.39 is 24.1 Å². The summed E-state index contributed by atoms with van der Waals surface area (Å²) in [4.78, 5) is 0. The first-order chi connectivity index (χ1) is 9.38. The van der Waals surface area contributed by atoms with Crippen LogP contribution in [0.2, 0.25) is 0 Å². The van der Waals surface area contributed by atoms with E-state index in [0.29, 0.717) is 12.1 Å². The van der Waals surface area contributed by atoms with E-state index >= 15 is 0 Å². The quantitative estimate of drug-likeness (QED) is 0.591. The van der Waals surface area contributed by atoms with Gasteiger partial charge in [-0.2, -0.15) is 0 Å². The van der Waals surface area contributed by atoms with Gasteiger partial charge in [0.05, 0.1) is 5.82 Å². The zero-order valence-corrected chi connectivity index (χ0v) is 14.2. The Hall–Kier alpha value is -0.409. The Morgan fingerprint density at radius 1 is 0.905 bits per heavy atom. The van der Waals surface area contributed by atoms with Crippen LogP contribution in [0.3, 0.4) is 0 Å². The van der Waals surface area contributed by atoms with Gasteiger partial charge in [0.15, 0.2) is 0 Å². The second-order valence-electron chi connectivity index (χ2n) is 4.14. The predicted molar refractivity (Wildman–Crippen MR) is 65.8 cm³/mol. The van der Waals surface area contributed by atoms with Gasteiger partial charge in [0.1, 0.15) is 18.2 Å². The van der Waals surface area contributed by atoms with Crippen molar-refractivity contribution in [1.29, 1.82) is 0 Å². The molecule has 21 heavy (non-hydrogen) atoms. The number of benzene rings is 2. The number of hydrogen-bond acceptors (Lipinski definition) is 1. The zero-order chi connectivity index (χ0) is 14.8. The van der Waals surface area contributed by atoms with Gasteiger partial charge in [-0.05, 0) is 12.1 Å². The van der Waals surface area contributed by atoms with Crippen LogP contribution < -0.4 is 61.6 Å². The normalized spacial score (nSPS) is 10.9. The van der Waals surface area contributed by atoms with Crippen LogP contribution in [0.5, 0.6) is 5.75 Å². The largest absolute Gasteiger partial charge is 1.00 e. The van der Waals surface area contributed by atoms with E-state index in [1.807, 2.05) is 0 Å². The molecule has 1 nitrogen and oxygen atoms in total. The molecule has 0 saturated carbocycles. The van der Waals surface area contributed by atoms with Crippen LogP contribution in [0.15, 0.2) is 42.5 Å². The van der Waals surface area contributed by atoms with Crippen molar-refractivity contribution in [1.82, 2.24) is 0 Å². The molecule has 0 amide bonds. The zero-order valence-electron chi connectivity index (χ0n) is 11.1. The maximum Gasteiger partial charge on any atom is 1.00 e. The molecule has 106 valence electrons. The molecule has 0 atom stereocenters. The molecule has 0 N–H and O–H groups in total. The third-order valence-corrected chi connectivity index (χ3v) is 2.68. The Labute approximate surface area is 161 Å². The van der Waals surface area contributed by atoms with Gasteiger partial charge in [-0.1, -0.05) is 29.7 Å². The topological polar surface area (TPSA) is 9.23 Å². The SMILES string of the molecule is Fc1ccccc1COc1ccc([B-](F)(F)F)c(F)c1.[K+]. The third-order valence-electron chi connectivity index (χ3n) is 2.68. The molecule has 0 aliphatic heterocycles. The monoisotopic (exact) mass is 326 g/mol. The molecular formula is C13H9BF5KO. The third kappa shape index (κ3) is 5.07. The van der Waals surface area contributed by atoms with Crippen molar-refractivity contribution in [3.05, 3.63) is 59.7 Å². The first kappa shape index (κ1) is 18.6. The second kappa shape index (κ2) is 7.73. The van der Waals surface area contributed by atoms with Crippen LogP contribution in [-0.4, -0.2) is 6.98 Å². The molecule has 8 heteroatoms. The number of halogens is 5. The molecule has 0 spiro atoms. The van der Waals surface area contributed by atoms with E-state index in [9.17, 15) is 21.7 Å². The Morgan fingerprint density at radius 3 is 2.14 bits per heavy atom. The van der Waals surface area contributed by atoms with Crippen molar-refractivity contribution in [3.8, 4) is 5.75 Å². The fraction of sp³-hybridized carbons (Fsp3) is 0.0769. The minimum absolute atomic E-state index is 0. The maximum absolute atomic E-state index is 13.3. The summed E-state index contributed by atoms with van der Waals surface area (Å²) in [5.74, 6) is -1.98. The van der Waals surface area contributed by atoms with Crippen molar-refractivity contribution < 1.29 is 77.8 Å². The standard InChI is InChI=1S/C13H9BF5O.K/c15-12-4-2-1-3-9(12)8-20-10-5-6-11(13(16)7-10)14(17,18)19;/h1-7H,8H2;/q-1;+1. The van der Waals surface area contributed by atoms with Gasteiger partial charge >= 0.3 is 58.4 Å². The number of hydrogen-bond donors (Lipinski definition) is 0. The second-order valence-corrected chi connectivity index (χ2v) is 4.14. The van der Waals surface area contributed by atoms with Crippen LogP contribution in [0.1, 0.15) is 5.56 Å². The molecule has 0 unspecified atom stereocenters. The van der Waals surface area contributed by atoms with Gasteiger partial charge in [-0.25, -0.2) is 8.78 Å². The molecule has 0 saturated heterocycles. The van der Waals surface area contributed by atoms with Crippen LogP contribution in [0.4, 0.5) is 21.7 Å². The summed E-state index contributed by atoms with van der Waals surface area (Å²) in [7, 11) is 0. The maximum atomic E-state index is 13.3. The van der Waals surface area contributed by atoms with Crippen LogP contribution in [0, 0.1) is 11.6 Å². The van der Waals surface area contributed by atoms with Gasteiger partial charge < -0.3 is 17.7 Å². The van der Waals surface area contributed by atoms with E-state index in [0.717, 1.165) is 6.07 Å². The van der Waals surface area contributed by atoms with Crippen molar-refractivity contribution in [2.75, 3.05) is 0 Å². The minimum atomic E-state index is -5.40. The van der Waals surface area contributed by atoms with E-state index in [-0.39, 0.29) is 69.3 Å². The summed E-state index contributed by atoms with van der Waals surface area (Å²) in [5, 5.41) is 0. The fourth-order valence-corrected chi connectivity index (χ4v) is 1.64. The molecule has 0 heterocycles. The molecule has 0 aliphatic carbocycles. The summed E-state index contributed by atoms with van der Waals surface area (Å²) < 4.78 is 68.9. The Kier molecular flexibility index (Phi) is 6.86. The van der Waals surface area contributed by atoms with Gasteiger partial charge in [-0.15, -0.1) is 0 Å². The molecule has 0 aliphatic rings. The van der Waals surface area contributed by atoms with E-state index in [1.165, 1.54) is 18.2 Å². The van der Waals surface area contributed by atoms with Crippen molar-refractivity contribution in [2.24, 2.45) is 0 Å². The van der Waals surface area contributed by atoms with Gasteiger partial charge in [0, 0.05) is 11.6 Å². The van der Waals surface area contributed by atoms with Crippen molar-refractivity contribution in [3.63, 3.8) is 0 Å². The predicted octanol–water partition coefficient (Wildman–Crippen LogP) is 0.602. The Bertz CT molecular complexity index is 618. The molecule has 0 radical (unpaired) electrons. The average molecular weight is 326 g/mol. The molecule has 0 aromatic heterocycles. The van der Waals surface area contributed by atoms with Gasteiger partial charge in [0.2, 0.25) is 0 Å². The molecule has 0 fully saturated rings. The van der Waals surface area contributed by atoms with Gasteiger partial charge in [-0.3, -0.25) is 0 Å². The molecular weight excluding hydrogens is 317 g/mol. The Balaban J connectivity index is 0.00000220. The minimum Gasteiger partial charge on any atom is -0.489 e. The Morgan fingerprint density at radius 2 is 1.57 bits per heavy atom. The number of ether oxygens (including phenoxy) is 1. The number of rotatable bonds is 4. The van der Waals surface area contributed by atoms with Gasteiger partial charge in [0.25, 0.3) is 0 Å². The molecule has 2 rings (SSSR count). The summed E-state index contributed by atoms with van der Waals surface area (Å²) in [6, 6.07) is 8.07. The molecule has 2 aromatic carbocycles. The van der Waals surface area contributed by atoms with Crippen LogP contribution in [-0.2, 0) is 6.61 Å². The summed E-state index contributed by atoms with van der Waals surface area (Å²) in [5.41, 5.74) is -1.07. The molecule has 0 bridgehead atoms. The first-order valence-electron chi connectivity index (χ1n) is 5.73. The van der Waals surface area contributed by atoms with E-state index in [2.05, 4.69) is 0 Å². The first-order valence-corrected chi connectivity index (χ1v) is 5.73. The van der Waals surface area contributed by atoms with Crippen molar-refractivity contribution in [2.45, 2.75) is 6.61 Å². The summed E-state index contributed by atoms with van der Waals surface area (Å²) in [6.07, 6.45) is 0.